The fraction of sp³-hybridized carbons (Fsp3) is 0.200. The fourth-order valence-corrected chi connectivity index (χ4v) is 3.55. The van der Waals surface area contributed by atoms with Crippen molar-refractivity contribution < 1.29 is 13.2 Å². The molecule has 1 N–H and O–H groups in total. The van der Waals surface area contributed by atoms with Gasteiger partial charge in [-0.05, 0) is 57.2 Å². The minimum absolute atomic E-state index is 0.113. The molecule has 0 spiro atoms. The average molecular weight is 398 g/mol. The molecule has 1 aromatic heterocycles. The summed E-state index contributed by atoms with van der Waals surface area (Å²) in [4.78, 5) is 2.36. The van der Waals surface area contributed by atoms with E-state index in [0.717, 1.165) is 22.6 Å². The number of aromatic nitrogens is 2. The third kappa shape index (κ3) is 4.23. The summed E-state index contributed by atoms with van der Waals surface area (Å²) in [7, 11) is -3.76. The van der Waals surface area contributed by atoms with Crippen LogP contribution < -0.4 is 9.57 Å². The standard InChI is InChI=1S/C20H22N4O3S/c1-4-27-18-10-12-19(13-11-18)28(25,26)23-21-14-20-15(2)22-24(16(20)3)17-8-6-5-7-9-17/h5-14,23H,4H2,1-3H3/b21-14+. The number of hydrogen-bond acceptors (Lipinski definition) is 5. The van der Waals surface area contributed by atoms with E-state index in [1.807, 2.05) is 51.1 Å². The topological polar surface area (TPSA) is 85.6 Å². The zero-order valence-corrected chi connectivity index (χ0v) is 16.8. The molecular formula is C20H22N4O3S. The molecule has 146 valence electrons. The summed E-state index contributed by atoms with van der Waals surface area (Å²) in [6.07, 6.45) is 1.48. The fourth-order valence-electron chi connectivity index (χ4n) is 2.76. The molecule has 0 bridgehead atoms. The van der Waals surface area contributed by atoms with Gasteiger partial charge in [-0.3, -0.25) is 0 Å². The Morgan fingerprint density at radius 3 is 2.43 bits per heavy atom. The lowest BCUT2D eigenvalue weighted by Gasteiger charge is -2.06. The first-order valence-corrected chi connectivity index (χ1v) is 10.3. The van der Waals surface area contributed by atoms with Crippen molar-refractivity contribution in [2.45, 2.75) is 25.7 Å². The molecule has 0 aliphatic carbocycles. The number of para-hydroxylation sites is 1. The second kappa shape index (κ2) is 8.26. The number of hydrogen-bond donors (Lipinski definition) is 1. The van der Waals surface area contributed by atoms with Crippen LogP contribution in [0.1, 0.15) is 23.9 Å². The third-order valence-electron chi connectivity index (χ3n) is 4.16. The Balaban J connectivity index is 1.78. The highest BCUT2D eigenvalue weighted by Gasteiger charge is 2.14. The predicted octanol–water partition coefficient (Wildman–Crippen LogP) is 3.20. The molecule has 8 heteroatoms. The van der Waals surface area contributed by atoms with Gasteiger partial charge in [0.2, 0.25) is 0 Å². The van der Waals surface area contributed by atoms with Crippen LogP contribution in [0.3, 0.4) is 0 Å². The number of rotatable bonds is 7. The summed E-state index contributed by atoms with van der Waals surface area (Å²) in [5.74, 6) is 0.615. The van der Waals surface area contributed by atoms with Crippen molar-refractivity contribution in [1.82, 2.24) is 14.6 Å². The molecule has 0 saturated heterocycles. The number of aryl methyl sites for hydroxylation is 1. The third-order valence-corrected chi connectivity index (χ3v) is 5.40. The summed E-state index contributed by atoms with van der Waals surface area (Å²) >= 11 is 0. The van der Waals surface area contributed by atoms with Crippen molar-refractivity contribution in [2.24, 2.45) is 5.10 Å². The molecule has 0 amide bonds. The highest BCUT2D eigenvalue weighted by Crippen LogP contribution is 2.17. The molecule has 28 heavy (non-hydrogen) atoms. The Hall–Kier alpha value is -3.13. The SMILES string of the molecule is CCOc1ccc(S(=O)(=O)N/N=C/c2c(C)nn(-c3ccccc3)c2C)cc1. The summed E-state index contributed by atoms with van der Waals surface area (Å²) in [6, 6.07) is 15.9. The number of hydrazone groups is 1. The van der Waals surface area contributed by atoms with Gasteiger partial charge in [0, 0.05) is 5.56 Å². The highest BCUT2D eigenvalue weighted by atomic mass is 32.2. The monoisotopic (exact) mass is 398 g/mol. The maximum Gasteiger partial charge on any atom is 0.276 e. The van der Waals surface area contributed by atoms with Gasteiger partial charge in [0.05, 0.1) is 34.8 Å². The van der Waals surface area contributed by atoms with Crippen LogP contribution in [0.25, 0.3) is 5.69 Å². The number of ether oxygens (including phenoxy) is 1. The van der Waals surface area contributed by atoms with Gasteiger partial charge in [0.1, 0.15) is 5.75 Å². The smallest absolute Gasteiger partial charge is 0.276 e. The van der Waals surface area contributed by atoms with Crippen LogP contribution in [0.2, 0.25) is 0 Å². The summed E-state index contributed by atoms with van der Waals surface area (Å²) in [5, 5.41) is 8.44. The highest BCUT2D eigenvalue weighted by molar-refractivity contribution is 7.89. The molecule has 0 fully saturated rings. The lowest BCUT2D eigenvalue weighted by atomic mass is 10.2. The van der Waals surface area contributed by atoms with Crippen LogP contribution >= 0.6 is 0 Å². The number of sulfonamides is 1. The molecule has 0 aliphatic rings. The maximum absolute atomic E-state index is 12.4. The second-order valence-corrected chi connectivity index (χ2v) is 7.75. The van der Waals surface area contributed by atoms with E-state index < -0.39 is 10.0 Å². The van der Waals surface area contributed by atoms with E-state index in [1.54, 1.807) is 16.8 Å². The normalized spacial score (nSPS) is 11.7. The van der Waals surface area contributed by atoms with E-state index >= 15 is 0 Å². The number of nitrogens with one attached hydrogen (secondary N) is 1. The van der Waals surface area contributed by atoms with E-state index in [-0.39, 0.29) is 4.90 Å². The van der Waals surface area contributed by atoms with Crippen LogP contribution in [0, 0.1) is 13.8 Å². The van der Waals surface area contributed by atoms with Gasteiger partial charge in [-0.1, -0.05) is 18.2 Å². The van der Waals surface area contributed by atoms with Crippen molar-refractivity contribution in [3.05, 3.63) is 71.5 Å². The molecule has 0 unspecified atom stereocenters. The first-order chi connectivity index (χ1) is 13.4. The van der Waals surface area contributed by atoms with Gasteiger partial charge in [0.25, 0.3) is 10.0 Å². The van der Waals surface area contributed by atoms with Gasteiger partial charge < -0.3 is 4.74 Å². The molecular weight excluding hydrogens is 376 g/mol. The van der Waals surface area contributed by atoms with Crippen LogP contribution in [-0.2, 0) is 10.0 Å². The predicted molar refractivity (Wildman–Crippen MR) is 109 cm³/mol. The van der Waals surface area contributed by atoms with E-state index in [9.17, 15) is 8.42 Å². The van der Waals surface area contributed by atoms with Crippen molar-refractivity contribution in [2.75, 3.05) is 6.61 Å². The van der Waals surface area contributed by atoms with Crippen molar-refractivity contribution in [3.8, 4) is 11.4 Å². The lowest BCUT2D eigenvalue weighted by Crippen LogP contribution is -2.18. The molecule has 2 aromatic carbocycles. The number of nitrogens with zero attached hydrogens (tertiary/aromatic N) is 3. The largest absolute Gasteiger partial charge is 0.494 e. The van der Waals surface area contributed by atoms with Gasteiger partial charge in [-0.25, -0.2) is 9.51 Å². The van der Waals surface area contributed by atoms with Crippen LogP contribution in [0.15, 0.2) is 64.6 Å². The second-order valence-electron chi connectivity index (χ2n) is 6.09. The van der Waals surface area contributed by atoms with Gasteiger partial charge in [-0.15, -0.1) is 0 Å². The minimum Gasteiger partial charge on any atom is -0.494 e. The van der Waals surface area contributed by atoms with E-state index in [4.69, 9.17) is 4.74 Å². The Bertz CT molecular complexity index is 1070. The van der Waals surface area contributed by atoms with Gasteiger partial charge >= 0.3 is 0 Å². The first kappa shape index (κ1) is 19.6. The Morgan fingerprint density at radius 1 is 1.11 bits per heavy atom. The van der Waals surface area contributed by atoms with Gasteiger partial charge in [0.15, 0.2) is 0 Å². The van der Waals surface area contributed by atoms with Crippen LogP contribution in [0.4, 0.5) is 0 Å². The molecule has 7 nitrogen and oxygen atoms in total. The summed E-state index contributed by atoms with van der Waals surface area (Å²) in [6.45, 7) is 6.15. The molecule has 0 saturated carbocycles. The van der Waals surface area contributed by atoms with Crippen LogP contribution in [-0.4, -0.2) is 31.0 Å². The molecule has 3 aromatic rings. The lowest BCUT2D eigenvalue weighted by molar-refractivity contribution is 0.340. The van der Waals surface area contributed by atoms with E-state index in [1.165, 1.54) is 18.3 Å². The quantitative estimate of drug-likeness (QED) is 0.489. The Morgan fingerprint density at radius 2 is 1.79 bits per heavy atom. The molecule has 0 aliphatic heterocycles. The first-order valence-electron chi connectivity index (χ1n) is 8.81. The number of benzene rings is 2. The van der Waals surface area contributed by atoms with Crippen molar-refractivity contribution in [1.29, 1.82) is 0 Å². The van der Waals surface area contributed by atoms with Gasteiger partial charge in [-0.2, -0.15) is 18.6 Å². The van der Waals surface area contributed by atoms with E-state index in [0.29, 0.717) is 12.4 Å². The molecule has 0 radical (unpaired) electrons. The zero-order chi connectivity index (χ0) is 20.1. The summed E-state index contributed by atoms with van der Waals surface area (Å²) < 4.78 is 31.9. The van der Waals surface area contributed by atoms with Crippen molar-refractivity contribution >= 4 is 16.2 Å². The van der Waals surface area contributed by atoms with Crippen LogP contribution in [0.5, 0.6) is 5.75 Å². The average Bonchev–Trinajstić information content (AvgIpc) is 2.97. The Kier molecular flexibility index (Phi) is 5.79. The Labute approximate surface area is 164 Å². The van der Waals surface area contributed by atoms with Crippen molar-refractivity contribution in [3.63, 3.8) is 0 Å². The molecule has 1 heterocycles. The molecule has 3 rings (SSSR count). The summed E-state index contributed by atoms with van der Waals surface area (Å²) in [5.41, 5.74) is 3.31. The maximum atomic E-state index is 12.4. The molecule has 0 atom stereocenters. The zero-order valence-electron chi connectivity index (χ0n) is 16.0. The minimum atomic E-state index is -3.76. The van der Waals surface area contributed by atoms with E-state index in [2.05, 4.69) is 15.0 Å².